The predicted molar refractivity (Wildman–Crippen MR) is 76.8 cm³/mol. The Morgan fingerprint density at radius 3 is 2.43 bits per heavy atom. The molecule has 7 heteroatoms. The van der Waals surface area contributed by atoms with Crippen LogP contribution in [0.15, 0.2) is 36.4 Å². The second-order valence-corrected chi connectivity index (χ2v) is 4.18. The normalized spacial score (nSPS) is 10.2. The highest BCUT2D eigenvalue weighted by Gasteiger charge is 2.07. The first-order chi connectivity index (χ1) is 10.2. The van der Waals surface area contributed by atoms with Crippen LogP contribution in [0, 0.1) is 5.82 Å². The summed E-state index contributed by atoms with van der Waals surface area (Å²) in [6, 6.07) is 8.58. The zero-order chi connectivity index (χ0) is 15.1. The second kappa shape index (κ2) is 7.30. The van der Waals surface area contributed by atoms with Gasteiger partial charge in [-0.05, 0) is 36.4 Å². The summed E-state index contributed by atoms with van der Waals surface area (Å²) in [6.45, 7) is 1.18. The van der Waals surface area contributed by atoms with Gasteiger partial charge in [0, 0.05) is 19.2 Å². The van der Waals surface area contributed by atoms with E-state index in [9.17, 15) is 9.18 Å². The maximum absolute atomic E-state index is 12.8. The van der Waals surface area contributed by atoms with E-state index in [1.54, 1.807) is 19.2 Å². The number of anilines is 2. The summed E-state index contributed by atoms with van der Waals surface area (Å²) in [5.74, 6) is 0.149. The molecule has 0 spiro atoms. The number of carbonyl (C=O) groups excluding carboxylic acids is 1. The van der Waals surface area contributed by atoms with Crippen LogP contribution in [0.25, 0.3) is 0 Å². The first-order valence-electron chi connectivity index (χ1n) is 6.32. The van der Waals surface area contributed by atoms with E-state index in [2.05, 4.69) is 20.8 Å². The Morgan fingerprint density at radius 2 is 1.81 bits per heavy atom. The van der Waals surface area contributed by atoms with Crippen molar-refractivity contribution in [2.24, 2.45) is 0 Å². The van der Waals surface area contributed by atoms with Crippen molar-refractivity contribution in [3.63, 3.8) is 0 Å². The summed E-state index contributed by atoms with van der Waals surface area (Å²) in [4.78, 5) is 11.9. The Morgan fingerprint density at radius 1 is 1.14 bits per heavy atom. The van der Waals surface area contributed by atoms with Gasteiger partial charge in [0.2, 0.25) is 0 Å². The molecule has 1 heterocycles. The van der Waals surface area contributed by atoms with E-state index < -0.39 is 5.82 Å². The topological polar surface area (TPSA) is 76.1 Å². The third kappa shape index (κ3) is 4.50. The van der Waals surface area contributed by atoms with Crippen LogP contribution in [0.4, 0.5) is 16.0 Å². The van der Waals surface area contributed by atoms with E-state index in [1.165, 1.54) is 24.3 Å². The molecule has 0 saturated carbocycles. The first kappa shape index (κ1) is 14.9. The Balaban J connectivity index is 1.93. The zero-order valence-electron chi connectivity index (χ0n) is 11.5. The maximum Gasteiger partial charge on any atom is 0.256 e. The first-order valence-corrected chi connectivity index (χ1v) is 6.32. The monoisotopic (exact) mass is 290 g/mol. The van der Waals surface area contributed by atoms with E-state index in [1.807, 2.05) is 0 Å². The summed E-state index contributed by atoms with van der Waals surface area (Å²) in [7, 11) is 1.61. The molecule has 0 radical (unpaired) electrons. The summed E-state index contributed by atoms with van der Waals surface area (Å²) >= 11 is 0. The van der Waals surface area contributed by atoms with Crippen molar-refractivity contribution in [3.8, 4) is 0 Å². The summed E-state index contributed by atoms with van der Waals surface area (Å²) < 4.78 is 17.7. The van der Waals surface area contributed by atoms with Gasteiger partial charge < -0.3 is 15.4 Å². The van der Waals surface area contributed by atoms with Crippen molar-refractivity contribution in [1.82, 2.24) is 10.2 Å². The Bertz CT molecular complexity index is 587. The van der Waals surface area contributed by atoms with E-state index in [0.29, 0.717) is 30.4 Å². The SMILES string of the molecule is COCCNc1ccc(NC(=O)c2ccc(F)cc2)nn1. The molecule has 1 aromatic heterocycles. The number of nitrogens with zero attached hydrogens (tertiary/aromatic N) is 2. The number of benzene rings is 1. The van der Waals surface area contributed by atoms with Gasteiger partial charge in [-0.3, -0.25) is 4.79 Å². The van der Waals surface area contributed by atoms with Gasteiger partial charge in [0.1, 0.15) is 11.6 Å². The summed E-state index contributed by atoms with van der Waals surface area (Å²) in [5.41, 5.74) is 0.348. The summed E-state index contributed by atoms with van der Waals surface area (Å²) in [6.07, 6.45) is 0. The average Bonchev–Trinajstić information content (AvgIpc) is 2.50. The minimum absolute atomic E-state index is 0.321. The van der Waals surface area contributed by atoms with Gasteiger partial charge in [0.25, 0.3) is 5.91 Å². The molecule has 0 fully saturated rings. The van der Waals surface area contributed by atoms with Gasteiger partial charge in [0.15, 0.2) is 5.82 Å². The molecule has 110 valence electrons. The molecule has 2 aromatic rings. The number of halogens is 1. The largest absolute Gasteiger partial charge is 0.383 e. The van der Waals surface area contributed by atoms with Gasteiger partial charge in [-0.2, -0.15) is 0 Å². The smallest absolute Gasteiger partial charge is 0.256 e. The number of ether oxygens (including phenoxy) is 1. The molecule has 0 saturated heterocycles. The van der Waals surface area contributed by atoms with Crippen LogP contribution in [-0.2, 0) is 4.74 Å². The number of hydrogen-bond acceptors (Lipinski definition) is 5. The van der Waals surface area contributed by atoms with Crippen LogP contribution in [0.3, 0.4) is 0 Å². The standard InChI is InChI=1S/C14H15FN4O2/c1-21-9-8-16-12-6-7-13(19-18-12)17-14(20)10-2-4-11(15)5-3-10/h2-7H,8-9H2,1H3,(H,16,18)(H,17,19,20). The van der Waals surface area contributed by atoms with Crippen LogP contribution in [0.1, 0.15) is 10.4 Å². The molecule has 1 amide bonds. The lowest BCUT2D eigenvalue weighted by Crippen LogP contribution is -2.14. The average molecular weight is 290 g/mol. The molecule has 0 aliphatic heterocycles. The minimum Gasteiger partial charge on any atom is -0.383 e. The fourth-order valence-electron chi connectivity index (χ4n) is 1.56. The van der Waals surface area contributed by atoms with Crippen molar-refractivity contribution in [2.45, 2.75) is 0 Å². The van der Waals surface area contributed by atoms with E-state index in [4.69, 9.17) is 4.74 Å². The lowest BCUT2D eigenvalue weighted by atomic mass is 10.2. The van der Waals surface area contributed by atoms with Crippen molar-refractivity contribution in [2.75, 3.05) is 30.9 Å². The van der Waals surface area contributed by atoms with Crippen LogP contribution in [-0.4, -0.2) is 36.4 Å². The molecule has 0 aliphatic carbocycles. The number of amides is 1. The molecule has 0 atom stereocenters. The van der Waals surface area contributed by atoms with Crippen LogP contribution < -0.4 is 10.6 Å². The third-order valence-corrected chi connectivity index (χ3v) is 2.62. The lowest BCUT2D eigenvalue weighted by Gasteiger charge is -2.06. The van der Waals surface area contributed by atoms with Gasteiger partial charge in [0.05, 0.1) is 6.61 Å². The summed E-state index contributed by atoms with van der Waals surface area (Å²) in [5, 5.41) is 13.4. The van der Waals surface area contributed by atoms with Crippen molar-refractivity contribution in [3.05, 3.63) is 47.8 Å². The molecule has 21 heavy (non-hydrogen) atoms. The van der Waals surface area contributed by atoms with E-state index in [0.717, 1.165) is 0 Å². The quantitative estimate of drug-likeness (QED) is 0.795. The Hall–Kier alpha value is -2.54. The fraction of sp³-hybridized carbons (Fsp3) is 0.214. The second-order valence-electron chi connectivity index (χ2n) is 4.18. The maximum atomic E-state index is 12.8. The van der Waals surface area contributed by atoms with Crippen molar-refractivity contribution < 1.29 is 13.9 Å². The molecule has 0 aliphatic rings. The molecule has 2 rings (SSSR count). The van der Waals surface area contributed by atoms with Crippen LogP contribution in [0.5, 0.6) is 0 Å². The highest BCUT2D eigenvalue weighted by molar-refractivity contribution is 6.03. The van der Waals surface area contributed by atoms with Crippen LogP contribution >= 0.6 is 0 Å². The lowest BCUT2D eigenvalue weighted by molar-refractivity contribution is 0.102. The molecule has 6 nitrogen and oxygen atoms in total. The highest BCUT2D eigenvalue weighted by atomic mass is 19.1. The number of nitrogens with one attached hydrogen (secondary N) is 2. The molecule has 0 bridgehead atoms. The number of rotatable bonds is 6. The number of carbonyl (C=O) groups is 1. The van der Waals surface area contributed by atoms with Gasteiger partial charge in [-0.15, -0.1) is 10.2 Å². The van der Waals surface area contributed by atoms with Crippen LogP contribution in [0.2, 0.25) is 0 Å². The molecular weight excluding hydrogens is 275 g/mol. The predicted octanol–water partition coefficient (Wildman–Crippen LogP) is 1.93. The molecular formula is C14H15FN4O2. The van der Waals surface area contributed by atoms with Gasteiger partial charge in [-0.25, -0.2) is 4.39 Å². The Kier molecular flexibility index (Phi) is 5.16. The van der Waals surface area contributed by atoms with Crippen molar-refractivity contribution in [1.29, 1.82) is 0 Å². The van der Waals surface area contributed by atoms with E-state index in [-0.39, 0.29) is 5.91 Å². The minimum atomic E-state index is -0.391. The van der Waals surface area contributed by atoms with E-state index >= 15 is 0 Å². The third-order valence-electron chi connectivity index (χ3n) is 2.62. The number of methoxy groups -OCH3 is 1. The number of aromatic nitrogens is 2. The number of hydrogen-bond donors (Lipinski definition) is 2. The highest BCUT2D eigenvalue weighted by Crippen LogP contribution is 2.09. The Labute approximate surface area is 121 Å². The molecule has 2 N–H and O–H groups in total. The fourth-order valence-corrected chi connectivity index (χ4v) is 1.56. The zero-order valence-corrected chi connectivity index (χ0v) is 11.5. The molecule has 1 aromatic carbocycles. The van der Waals surface area contributed by atoms with Gasteiger partial charge >= 0.3 is 0 Å². The molecule has 0 unspecified atom stereocenters. The van der Waals surface area contributed by atoms with Crippen molar-refractivity contribution >= 4 is 17.5 Å². The van der Waals surface area contributed by atoms with Gasteiger partial charge in [-0.1, -0.05) is 0 Å².